The smallest absolute Gasteiger partial charge is 0.323 e. The predicted molar refractivity (Wildman–Crippen MR) is 106 cm³/mol. The van der Waals surface area contributed by atoms with E-state index in [0.717, 1.165) is 5.56 Å². The largest absolute Gasteiger partial charge is 0.382 e. The zero-order valence-electron chi connectivity index (χ0n) is 14.8. The number of nitrogens with zero attached hydrogens (tertiary/aromatic N) is 4. The van der Waals surface area contributed by atoms with Gasteiger partial charge in [0, 0.05) is 13.6 Å². The number of amidine groups is 1. The van der Waals surface area contributed by atoms with E-state index in [2.05, 4.69) is 41.2 Å². The van der Waals surface area contributed by atoms with E-state index in [-0.39, 0.29) is 21.8 Å². The molecule has 1 aromatic heterocycles. The van der Waals surface area contributed by atoms with Gasteiger partial charge in [0.05, 0.1) is 10.2 Å². The number of aliphatic imine (C=N–C) groups is 1. The van der Waals surface area contributed by atoms with Gasteiger partial charge in [0.15, 0.2) is 11.5 Å². The molecular formula is C18H16BrFN6O2. The number of nitrogens with one attached hydrogen (secondary N) is 1. The van der Waals surface area contributed by atoms with Crippen LogP contribution in [0.1, 0.15) is 11.3 Å². The van der Waals surface area contributed by atoms with E-state index in [1.165, 1.54) is 23.1 Å². The highest BCUT2D eigenvalue weighted by Crippen LogP contribution is 2.23. The fourth-order valence-corrected chi connectivity index (χ4v) is 2.68. The van der Waals surface area contributed by atoms with Crippen LogP contribution in [0.2, 0.25) is 0 Å². The lowest BCUT2D eigenvalue weighted by atomic mass is 10.2. The molecule has 0 aliphatic heterocycles. The summed E-state index contributed by atoms with van der Waals surface area (Å²) in [5.41, 5.74) is 7.39. The molecule has 28 heavy (non-hydrogen) atoms. The van der Waals surface area contributed by atoms with Crippen molar-refractivity contribution in [3.05, 3.63) is 70.1 Å². The number of hydrogen-bond acceptors (Lipinski definition) is 5. The number of carbonyl (C=O) groups excluding carboxylic acids is 1. The SMILES string of the molecule is CN(Cc1ccccc1)C(=O)Nc1nonc1C(N)=Nc1ccc(F)c(Br)c1. The van der Waals surface area contributed by atoms with E-state index in [9.17, 15) is 9.18 Å². The van der Waals surface area contributed by atoms with Crippen LogP contribution < -0.4 is 11.1 Å². The summed E-state index contributed by atoms with van der Waals surface area (Å²) in [6.45, 7) is 0.403. The number of carbonyl (C=O) groups is 1. The molecule has 0 saturated carbocycles. The molecule has 0 spiro atoms. The maximum atomic E-state index is 13.3. The van der Waals surface area contributed by atoms with E-state index >= 15 is 0 Å². The minimum Gasteiger partial charge on any atom is -0.382 e. The van der Waals surface area contributed by atoms with Crippen LogP contribution in [0, 0.1) is 5.82 Å². The molecule has 144 valence electrons. The number of halogens is 2. The molecule has 0 radical (unpaired) electrons. The van der Waals surface area contributed by atoms with Crippen LogP contribution in [-0.2, 0) is 6.54 Å². The van der Waals surface area contributed by atoms with E-state index < -0.39 is 11.8 Å². The number of nitrogens with two attached hydrogens (primary N) is 1. The van der Waals surface area contributed by atoms with Gasteiger partial charge in [0.1, 0.15) is 5.82 Å². The maximum Gasteiger partial charge on any atom is 0.323 e. The van der Waals surface area contributed by atoms with Crippen molar-refractivity contribution in [2.45, 2.75) is 6.54 Å². The Kier molecular flexibility index (Phi) is 5.99. The average molecular weight is 447 g/mol. The number of rotatable bonds is 5. The normalized spacial score (nSPS) is 11.3. The fourth-order valence-electron chi connectivity index (χ4n) is 2.31. The number of urea groups is 1. The summed E-state index contributed by atoms with van der Waals surface area (Å²) >= 11 is 3.08. The van der Waals surface area contributed by atoms with Gasteiger partial charge in [-0.1, -0.05) is 30.3 Å². The monoisotopic (exact) mass is 446 g/mol. The quantitative estimate of drug-likeness (QED) is 0.458. The molecule has 2 amide bonds. The summed E-state index contributed by atoms with van der Waals surface area (Å²) in [7, 11) is 1.64. The fraction of sp³-hybridized carbons (Fsp3) is 0.111. The van der Waals surface area contributed by atoms with Gasteiger partial charge in [0.2, 0.25) is 5.82 Å². The standard InChI is InChI=1S/C18H16BrFN6O2/c1-26(10-11-5-3-2-4-6-11)18(27)23-17-15(24-28-25-17)16(21)22-12-7-8-14(20)13(19)9-12/h2-9H,10H2,1H3,(H2,21,22)(H,23,25,27). The molecule has 8 nitrogen and oxygen atoms in total. The number of amides is 2. The molecular weight excluding hydrogens is 431 g/mol. The predicted octanol–water partition coefficient (Wildman–Crippen LogP) is 3.67. The molecule has 3 aromatic rings. The first-order chi connectivity index (χ1) is 13.4. The van der Waals surface area contributed by atoms with Crippen LogP contribution in [0.4, 0.5) is 20.7 Å². The Balaban J connectivity index is 1.73. The summed E-state index contributed by atoms with van der Waals surface area (Å²) < 4.78 is 18.3. The first kappa shape index (κ1) is 19.5. The molecule has 0 saturated heterocycles. The number of aromatic nitrogens is 2. The molecule has 0 atom stereocenters. The topological polar surface area (TPSA) is 110 Å². The second kappa shape index (κ2) is 8.61. The zero-order valence-corrected chi connectivity index (χ0v) is 16.4. The highest BCUT2D eigenvalue weighted by Gasteiger charge is 2.19. The Morgan fingerprint density at radius 1 is 1.29 bits per heavy atom. The third-order valence-electron chi connectivity index (χ3n) is 3.72. The third kappa shape index (κ3) is 4.71. The Morgan fingerprint density at radius 3 is 2.75 bits per heavy atom. The van der Waals surface area contributed by atoms with Gasteiger partial charge in [-0.15, -0.1) is 0 Å². The Labute approximate surface area is 168 Å². The molecule has 2 aromatic carbocycles. The minimum absolute atomic E-state index is 0.0346. The summed E-state index contributed by atoms with van der Waals surface area (Å²) in [5.74, 6) is -0.428. The van der Waals surface area contributed by atoms with Crippen LogP contribution in [0.3, 0.4) is 0 Å². The number of hydrogen-bond donors (Lipinski definition) is 2. The van der Waals surface area contributed by atoms with Gasteiger partial charge < -0.3 is 10.6 Å². The van der Waals surface area contributed by atoms with Crippen molar-refractivity contribution in [1.29, 1.82) is 0 Å². The van der Waals surface area contributed by atoms with Gasteiger partial charge in [-0.05, 0) is 50.0 Å². The van der Waals surface area contributed by atoms with Crippen molar-refractivity contribution in [2.75, 3.05) is 12.4 Å². The van der Waals surface area contributed by atoms with Gasteiger partial charge in [-0.25, -0.2) is 18.8 Å². The van der Waals surface area contributed by atoms with Crippen LogP contribution in [0.25, 0.3) is 0 Å². The molecule has 0 unspecified atom stereocenters. The first-order valence-corrected chi connectivity index (χ1v) is 8.91. The van der Waals surface area contributed by atoms with Crippen molar-refractivity contribution in [3.63, 3.8) is 0 Å². The van der Waals surface area contributed by atoms with Crippen LogP contribution in [0.5, 0.6) is 0 Å². The first-order valence-electron chi connectivity index (χ1n) is 8.12. The van der Waals surface area contributed by atoms with Crippen molar-refractivity contribution in [3.8, 4) is 0 Å². The molecule has 0 bridgehead atoms. The van der Waals surface area contributed by atoms with E-state index in [0.29, 0.717) is 12.2 Å². The van der Waals surface area contributed by atoms with Crippen LogP contribution in [-0.4, -0.2) is 34.1 Å². The highest BCUT2D eigenvalue weighted by atomic mass is 79.9. The lowest BCUT2D eigenvalue weighted by Gasteiger charge is -2.17. The van der Waals surface area contributed by atoms with E-state index in [1.807, 2.05) is 30.3 Å². The second-order valence-corrected chi connectivity index (χ2v) is 6.68. The summed E-state index contributed by atoms with van der Waals surface area (Å²) in [4.78, 5) is 18.0. The molecule has 10 heteroatoms. The number of benzene rings is 2. The molecule has 0 fully saturated rings. The molecule has 3 N–H and O–H groups in total. The summed E-state index contributed by atoms with van der Waals surface area (Å²) in [6, 6.07) is 13.3. The molecule has 3 rings (SSSR count). The molecule has 1 heterocycles. The zero-order chi connectivity index (χ0) is 20.1. The van der Waals surface area contributed by atoms with Crippen molar-refractivity contribution >= 4 is 39.3 Å². The minimum atomic E-state index is -0.421. The summed E-state index contributed by atoms with van der Waals surface area (Å²) in [6.07, 6.45) is 0. The van der Waals surface area contributed by atoms with E-state index in [4.69, 9.17) is 5.73 Å². The van der Waals surface area contributed by atoms with Crippen LogP contribution in [0.15, 0.2) is 62.6 Å². The Hall–Kier alpha value is -3.27. The van der Waals surface area contributed by atoms with Crippen molar-refractivity contribution in [2.24, 2.45) is 10.7 Å². The third-order valence-corrected chi connectivity index (χ3v) is 4.33. The Bertz CT molecular complexity index is 1010. The van der Waals surface area contributed by atoms with Gasteiger partial charge >= 0.3 is 6.03 Å². The van der Waals surface area contributed by atoms with E-state index in [1.54, 1.807) is 7.05 Å². The Morgan fingerprint density at radius 2 is 2.04 bits per heavy atom. The number of anilines is 1. The second-order valence-electron chi connectivity index (χ2n) is 5.83. The average Bonchev–Trinajstić information content (AvgIpc) is 3.13. The lowest BCUT2D eigenvalue weighted by molar-refractivity contribution is 0.220. The van der Waals surface area contributed by atoms with Gasteiger partial charge in [-0.2, -0.15) is 0 Å². The molecule has 0 aliphatic rings. The van der Waals surface area contributed by atoms with Crippen molar-refractivity contribution in [1.82, 2.24) is 15.2 Å². The van der Waals surface area contributed by atoms with Gasteiger partial charge in [0.25, 0.3) is 0 Å². The van der Waals surface area contributed by atoms with Crippen LogP contribution >= 0.6 is 15.9 Å². The lowest BCUT2D eigenvalue weighted by Crippen LogP contribution is -2.31. The van der Waals surface area contributed by atoms with Crippen molar-refractivity contribution < 1.29 is 13.8 Å². The summed E-state index contributed by atoms with van der Waals surface area (Å²) in [5, 5.41) is 9.94. The highest BCUT2D eigenvalue weighted by molar-refractivity contribution is 9.10. The maximum absolute atomic E-state index is 13.3. The molecule has 0 aliphatic carbocycles. The van der Waals surface area contributed by atoms with Gasteiger partial charge in [-0.3, -0.25) is 5.32 Å².